The Morgan fingerprint density at radius 1 is 0.949 bits per heavy atom. The number of carbonyl (C=O) groups is 2. The molecule has 3 aromatic carbocycles. The number of carbonyl (C=O) groups excluding carboxylic acids is 2. The average Bonchev–Trinajstić information content (AvgIpc) is 2.93. The fourth-order valence-electron chi connectivity index (χ4n) is 4.24. The average molecular weight is 554 g/mol. The molecule has 0 aliphatic heterocycles. The Kier molecular flexibility index (Phi) is 10.6. The summed E-state index contributed by atoms with van der Waals surface area (Å²) in [5.74, 6) is -1.27. The zero-order valence-corrected chi connectivity index (χ0v) is 23.5. The monoisotopic (exact) mass is 553 g/mol. The molecule has 1 N–H and O–H groups in total. The molecule has 0 aliphatic rings. The van der Waals surface area contributed by atoms with Crippen molar-refractivity contribution < 1.29 is 22.4 Å². The van der Waals surface area contributed by atoms with E-state index < -0.39 is 34.3 Å². The smallest absolute Gasteiger partial charge is 0.264 e. The van der Waals surface area contributed by atoms with Crippen LogP contribution < -0.4 is 9.62 Å². The maximum atomic E-state index is 14.0. The van der Waals surface area contributed by atoms with Crippen molar-refractivity contribution in [1.82, 2.24) is 10.2 Å². The van der Waals surface area contributed by atoms with Crippen LogP contribution in [0.5, 0.6) is 0 Å². The van der Waals surface area contributed by atoms with E-state index in [1.807, 2.05) is 19.9 Å². The van der Waals surface area contributed by atoms with Crippen molar-refractivity contribution in [2.24, 2.45) is 0 Å². The molecule has 0 fully saturated rings. The third kappa shape index (κ3) is 7.89. The summed E-state index contributed by atoms with van der Waals surface area (Å²) in [4.78, 5) is 28.6. The van der Waals surface area contributed by atoms with Crippen LogP contribution in [0.2, 0.25) is 0 Å². The highest BCUT2D eigenvalue weighted by Gasteiger charge is 2.33. The van der Waals surface area contributed by atoms with Crippen molar-refractivity contribution in [3.8, 4) is 0 Å². The molecule has 0 bridgehead atoms. The van der Waals surface area contributed by atoms with E-state index in [0.717, 1.165) is 22.7 Å². The fourth-order valence-corrected chi connectivity index (χ4v) is 5.67. The topological polar surface area (TPSA) is 86.8 Å². The number of unbranched alkanes of at least 4 members (excludes halogenated alkanes) is 1. The Morgan fingerprint density at radius 2 is 1.64 bits per heavy atom. The standard InChI is InChI=1S/C30H36FN3O4S/c1-4-6-19-32-30(36)28(5-2)33(21-24-15-17-25(31)18-16-24)29(35)22-34(26-12-10-11-23(3)20-26)39(37,38)27-13-8-7-9-14-27/h7-18,20,28H,4-6,19,21-22H2,1-3H3,(H,32,36)/t28-/m1/s1. The Balaban J connectivity index is 2.02. The lowest BCUT2D eigenvalue weighted by atomic mass is 10.1. The van der Waals surface area contributed by atoms with E-state index in [-0.39, 0.29) is 17.3 Å². The molecule has 0 saturated carbocycles. The second kappa shape index (κ2) is 13.9. The van der Waals surface area contributed by atoms with Gasteiger partial charge in [-0.05, 0) is 67.3 Å². The molecule has 3 aromatic rings. The van der Waals surface area contributed by atoms with Gasteiger partial charge in [-0.2, -0.15) is 0 Å². The zero-order chi connectivity index (χ0) is 28.4. The minimum Gasteiger partial charge on any atom is -0.354 e. The summed E-state index contributed by atoms with van der Waals surface area (Å²) in [6, 6.07) is 19.7. The normalized spacial score (nSPS) is 12.0. The summed E-state index contributed by atoms with van der Waals surface area (Å²) in [7, 11) is -4.11. The lowest BCUT2D eigenvalue weighted by Crippen LogP contribution is -2.52. The van der Waals surface area contributed by atoms with Gasteiger partial charge in [-0.15, -0.1) is 0 Å². The Morgan fingerprint density at radius 3 is 2.26 bits per heavy atom. The summed E-state index contributed by atoms with van der Waals surface area (Å²) >= 11 is 0. The number of sulfonamides is 1. The van der Waals surface area contributed by atoms with Crippen LogP contribution in [0.3, 0.4) is 0 Å². The number of nitrogens with one attached hydrogen (secondary N) is 1. The van der Waals surface area contributed by atoms with Crippen molar-refractivity contribution >= 4 is 27.5 Å². The molecule has 7 nitrogen and oxygen atoms in total. The van der Waals surface area contributed by atoms with Crippen LogP contribution in [0.4, 0.5) is 10.1 Å². The molecule has 0 radical (unpaired) electrons. The minimum atomic E-state index is -4.11. The van der Waals surface area contributed by atoms with Crippen molar-refractivity contribution in [1.29, 1.82) is 0 Å². The number of rotatable bonds is 13. The van der Waals surface area contributed by atoms with Crippen molar-refractivity contribution in [3.63, 3.8) is 0 Å². The molecular weight excluding hydrogens is 517 g/mol. The predicted octanol–water partition coefficient (Wildman–Crippen LogP) is 5.05. The molecule has 0 spiro atoms. The first-order valence-electron chi connectivity index (χ1n) is 13.1. The summed E-state index contributed by atoms with van der Waals surface area (Å²) in [5, 5.41) is 2.89. The Bertz CT molecular complexity index is 1350. The zero-order valence-electron chi connectivity index (χ0n) is 22.6. The first kappa shape index (κ1) is 29.8. The largest absolute Gasteiger partial charge is 0.354 e. The minimum absolute atomic E-state index is 0.0197. The quantitative estimate of drug-likeness (QED) is 0.300. The molecule has 39 heavy (non-hydrogen) atoms. The van der Waals surface area contributed by atoms with Crippen LogP contribution in [0.1, 0.15) is 44.2 Å². The molecule has 208 valence electrons. The molecule has 2 amide bonds. The fraction of sp³-hybridized carbons (Fsp3) is 0.333. The van der Waals surface area contributed by atoms with E-state index in [9.17, 15) is 22.4 Å². The van der Waals surface area contributed by atoms with Crippen LogP contribution in [0.25, 0.3) is 0 Å². The molecular formula is C30H36FN3O4S. The lowest BCUT2D eigenvalue weighted by molar-refractivity contribution is -0.140. The molecule has 3 rings (SSSR count). The van der Waals surface area contributed by atoms with Gasteiger partial charge in [0.15, 0.2) is 0 Å². The van der Waals surface area contributed by atoms with Gasteiger partial charge in [0.2, 0.25) is 11.8 Å². The number of halogens is 1. The molecule has 0 unspecified atom stereocenters. The first-order chi connectivity index (χ1) is 18.7. The van der Waals surface area contributed by atoms with Gasteiger partial charge in [0.05, 0.1) is 10.6 Å². The second-order valence-electron chi connectivity index (χ2n) is 9.38. The van der Waals surface area contributed by atoms with Crippen LogP contribution in [-0.2, 0) is 26.2 Å². The van der Waals surface area contributed by atoms with Crippen LogP contribution in [-0.4, -0.2) is 44.3 Å². The molecule has 9 heteroatoms. The van der Waals surface area contributed by atoms with Gasteiger partial charge in [-0.1, -0.05) is 62.7 Å². The number of hydrogen-bond donors (Lipinski definition) is 1. The summed E-state index contributed by atoms with van der Waals surface area (Å²) in [6.45, 7) is 5.64. The lowest BCUT2D eigenvalue weighted by Gasteiger charge is -2.33. The van der Waals surface area contributed by atoms with E-state index >= 15 is 0 Å². The van der Waals surface area contributed by atoms with Crippen LogP contribution in [0.15, 0.2) is 83.8 Å². The van der Waals surface area contributed by atoms with Gasteiger partial charge < -0.3 is 10.2 Å². The molecule has 0 aromatic heterocycles. The second-order valence-corrected chi connectivity index (χ2v) is 11.2. The van der Waals surface area contributed by atoms with E-state index in [4.69, 9.17) is 0 Å². The number of amides is 2. The van der Waals surface area contributed by atoms with Gasteiger partial charge in [0.25, 0.3) is 10.0 Å². The summed E-state index contributed by atoms with van der Waals surface area (Å²) in [5.41, 5.74) is 1.80. The Labute approximate surface area is 230 Å². The molecule has 0 aliphatic carbocycles. The van der Waals surface area contributed by atoms with Gasteiger partial charge in [0, 0.05) is 13.1 Å². The van der Waals surface area contributed by atoms with Gasteiger partial charge in [-0.3, -0.25) is 13.9 Å². The first-order valence-corrected chi connectivity index (χ1v) is 14.6. The van der Waals surface area contributed by atoms with Crippen molar-refractivity contribution in [2.45, 2.75) is 57.5 Å². The van der Waals surface area contributed by atoms with Crippen molar-refractivity contribution in [3.05, 3.63) is 95.8 Å². The highest BCUT2D eigenvalue weighted by atomic mass is 32.2. The highest BCUT2D eigenvalue weighted by Crippen LogP contribution is 2.25. The summed E-state index contributed by atoms with van der Waals surface area (Å²) in [6.07, 6.45) is 2.02. The highest BCUT2D eigenvalue weighted by molar-refractivity contribution is 7.92. The van der Waals surface area contributed by atoms with Gasteiger partial charge in [0.1, 0.15) is 18.4 Å². The Hall–Kier alpha value is -3.72. The van der Waals surface area contributed by atoms with E-state index in [2.05, 4.69) is 5.32 Å². The van der Waals surface area contributed by atoms with Crippen LogP contribution >= 0.6 is 0 Å². The number of nitrogens with zero attached hydrogens (tertiary/aromatic N) is 2. The maximum Gasteiger partial charge on any atom is 0.264 e. The van der Waals surface area contributed by atoms with Crippen LogP contribution in [0, 0.1) is 12.7 Å². The van der Waals surface area contributed by atoms with E-state index in [0.29, 0.717) is 24.2 Å². The third-order valence-electron chi connectivity index (χ3n) is 6.38. The molecule has 0 saturated heterocycles. The van der Waals surface area contributed by atoms with Crippen molar-refractivity contribution in [2.75, 3.05) is 17.4 Å². The van der Waals surface area contributed by atoms with Gasteiger partial charge >= 0.3 is 0 Å². The SMILES string of the molecule is CCCCNC(=O)[C@@H](CC)N(Cc1ccc(F)cc1)C(=O)CN(c1cccc(C)c1)S(=O)(=O)c1ccccc1. The number of benzene rings is 3. The number of aryl methyl sites for hydroxylation is 1. The molecule has 0 heterocycles. The number of hydrogen-bond acceptors (Lipinski definition) is 4. The van der Waals surface area contributed by atoms with Gasteiger partial charge in [-0.25, -0.2) is 12.8 Å². The summed E-state index contributed by atoms with van der Waals surface area (Å²) < 4.78 is 42.2. The molecule has 1 atom stereocenters. The maximum absolute atomic E-state index is 14.0. The predicted molar refractivity (Wildman–Crippen MR) is 151 cm³/mol. The van der Waals surface area contributed by atoms with E-state index in [1.165, 1.54) is 29.2 Å². The number of anilines is 1. The van der Waals surface area contributed by atoms with E-state index in [1.54, 1.807) is 55.5 Å². The third-order valence-corrected chi connectivity index (χ3v) is 8.17.